The molecule has 0 aliphatic rings. The van der Waals surface area contributed by atoms with E-state index in [1.165, 1.54) is 12.1 Å². The highest BCUT2D eigenvalue weighted by molar-refractivity contribution is 7.89. The molecular formula is C12H19FN2O2S. The number of sulfonamides is 1. The molecule has 0 aliphatic heterocycles. The van der Waals surface area contributed by atoms with E-state index >= 15 is 0 Å². The van der Waals surface area contributed by atoms with Crippen LogP contribution in [-0.4, -0.2) is 21.5 Å². The predicted molar refractivity (Wildman–Crippen MR) is 69.2 cm³/mol. The highest BCUT2D eigenvalue weighted by Gasteiger charge is 2.16. The summed E-state index contributed by atoms with van der Waals surface area (Å²) < 4.78 is 39.4. The van der Waals surface area contributed by atoms with Crippen molar-refractivity contribution in [1.29, 1.82) is 0 Å². The van der Waals surface area contributed by atoms with Gasteiger partial charge in [0.2, 0.25) is 10.0 Å². The molecule has 0 bridgehead atoms. The predicted octanol–water partition coefficient (Wildman–Crippen LogP) is 1.54. The maximum absolute atomic E-state index is 13.1. The quantitative estimate of drug-likeness (QED) is 0.741. The number of rotatable bonds is 7. The van der Waals surface area contributed by atoms with Crippen molar-refractivity contribution in [3.05, 3.63) is 29.6 Å². The van der Waals surface area contributed by atoms with Crippen LogP contribution >= 0.6 is 0 Å². The van der Waals surface area contributed by atoms with Crippen molar-refractivity contribution < 1.29 is 12.8 Å². The lowest BCUT2D eigenvalue weighted by atomic mass is 10.2. The average molecular weight is 274 g/mol. The van der Waals surface area contributed by atoms with Crippen LogP contribution in [0.4, 0.5) is 4.39 Å². The van der Waals surface area contributed by atoms with Crippen LogP contribution in [0.3, 0.4) is 0 Å². The Balaban J connectivity index is 2.66. The van der Waals surface area contributed by atoms with E-state index in [1.54, 1.807) is 6.92 Å². The number of nitrogens with two attached hydrogens (primary N) is 1. The molecule has 18 heavy (non-hydrogen) atoms. The Morgan fingerprint density at radius 2 is 2.00 bits per heavy atom. The molecule has 1 aromatic rings. The average Bonchev–Trinajstić information content (AvgIpc) is 2.32. The summed E-state index contributed by atoms with van der Waals surface area (Å²) in [5, 5.41) is 0. The number of benzene rings is 1. The van der Waals surface area contributed by atoms with Crippen molar-refractivity contribution in [2.24, 2.45) is 5.73 Å². The second kappa shape index (κ2) is 6.82. The summed E-state index contributed by atoms with van der Waals surface area (Å²) in [6.07, 6.45) is 2.48. The summed E-state index contributed by atoms with van der Waals surface area (Å²) in [5.41, 5.74) is 5.88. The van der Waals surface area contributed by atoms with Crippen LogP contribution in [0.5, 0.6) is 0 Å². The van der Waals surface area contributed by atoms with Crippen LogP contribution in [0, 0.1) is 12.7 Å². The second-order valence-corrected chi connectivity index (χ2v) is 5.89. The third kappa shape index (κ3) is 4.36. The van der Waals surface area contributed by atoms with Crippen LogP contribution in [0.25, 0.3) is 0 Å². The normalized spacial score (nSPS) is 11.7. The number of hydrogen-bond donors (Lipinski definition) is 2. The fraction of sp³-hybridized carbons (Fsp3) is 0.500. The largest absolute Gasteiger partial charge is 0.330 e. The lowest BCUT2D eigenvalue weighted by molar-refractivity contribution is 0.570. The Hall–Kier alpha value is -0.980. The summed E-state index contributed by atoms with van der Waals surface area (Å²) in [4.78, 5) is 0.00123. The fourth-order valence-electron chi connectivity index (χ4n) is 1.59. The van der Waals surface area contributed by atoms with E-state index in [4.69, 9.17) is 5.73 Å². The Morgan fingerprint density at radius 3 is 2.67 bits per heavy atom. The molecule has 0 aliphatic carbocycles. The molecule has 102 valence electrons. The zero-order chi connectivity index (χ0) is 13.6. The fourth-order valence-corrected chi connectivity index (χ4v) is 2.92. The van der Waals surface area contributed by atoms with Gasteiger partial charge in [-0.15, -0.1) is 0 Å². The third-order valence-electron chi connectivity index (χ3n) is 2.61. The molecule has 0 heterocycles. The Morgan fingerprint density at radius 1 is 1.28 bits per heavy atom. The van der Waals surface area contributed by atoms with Gasteiger partial charge in [0.25, 0.3) is 0 Å². The van der Waals surface area contributed by atoms with Gasteiger partial charge < -0.3 is 5.73 Å². The lowest BCUT2D eigenvalue weighted by Crippen LogP contribution is -2.25. The molecule has 3 N–H and O–H groups in total. The third-order valence-corrected chi connectivity index (χ3v) is 4.22. The highest BCUT2D eigenvalue weighted by Crippen LogP contribution is 2.16. The van der Waals surface area contributed by atoms with Crippen LogP contribution in [0.2, 0.25) is 0 Å². The number of unbranched alkanes of at least 4 members (excludes halogenated alkanes) is 2. The van der Waals surface area contributed by atoms with Crippen molar-refractivity contribution in [2.75, 3.05) is 13.1 Å². The minimum absolute atomic E-state index is 0.00123. The van der Waals surface area contributed by atoms with Gasteiger partial charge in [0, 0.05) is 6.54 Å². The molecule has 0 saturated heterocycles. The Bertz CT molecular complexity index is 489. The van der Waals surface area contributed by atoms with Crippen LogP contribution in [0.15, 0.2) is 23.1 Å². The molecule has 0 amide bonds. The van der Waals surface area contributed by atoms with Gasteiger partial charge in [0.05, 0.1) is 4.90 Å². The molecule has 4 nitrogen and oxygen atoms in total. The van der Waals surface area contributed by atoms with Gasteiger partial charge in [0.15, 0.2) is 0 Å². The van der Waals surface area contributed by atoms with E-state index < -0.39 is 15.8 Å². The van der Waals surface area contributed by atoms with E-state index in [2.05, 4.69) is 4.72 Å². The molecular weight excluding hydrogens is 255 g/mol. The molecule has 0 unspecified atom stereocenters. The maximum atomic E-state index is 13.1. The van der Waals surface area contributed by atoms with E-state index in [-0.39, 0.29) is 4.90 Å². The lowest BCUT2D eigenvalue weighted by Gasteiger charge is -2.09. The first-order valence-corrected chi connectivity index (χ1v) is 7.41. The number of aryl methyl sites for hydroxylation is 1. The maximum Gasteiger partial charge on any atom is 0.240 e. The number of nitrogens with one attached hydrogen (secondary N) is 1. The van der Waals surface area contributed by atoms with Crippen LogP contribution < -0.4 is 10.5 Å². The van der Waals surface area contributed by atoms with Crippen molar-refractivity contribution in [2.45, 2.75) is 31.1 Å². The van der Waals surface area contributed by atoms with Gasteiger partial charge in [-0.3, -0.25) is 0 Å². The SMILES string of the molecule is Cc1ccc(F)cc1S(=O)(=O)NCCCCCN. The van der Waals surface area contributed by atoms with E-state index in [0.29, 0.717) is 18.7 Å². The molecule has 0 saturated carbocycles. The van der Waals surface area contributed by atoms with Gasteiger partial charge in [-0.1, -0.05) is 12.5 Å². The zero-order valence-corrected chi connectivity index (χ0v) is 11.3. The molecule has 1 aromatic carbocycles. The molecule has 0 atom stereocenters. The monoisotopic (exact) mass is 274 g/mol. The molecule has 0 aromatic heterocycles. The standard InChI is InChI=1S/C12H19FN2O2S/c1-10-5-6-11(13)9-12(10)18(16,17)15-8-4-2-3-7-14/h5-6,9,15H,2-4,7-8,14H2,1H3. The van der Waals surface area contributed by atoms with Crippen molar-refractivity contribution >= 4 is 10.0 Å². The second-order valence-electron chi connectivity index (χ2n) is 4.16. The van der Waals surface area contributed by atoms with Gasteiger partial charge in [-0.2, -0.15) is 0 Å². The molecule has 1 rings (SSSR count). The van der Waals surface area contributed by atoms with E-state index in [9.17, 15) is 12.8 Å². The van der Waals surface area contributed by atoms with Crippen LogP contribution in [-0.2, 0) is 10.0 Å². The van der Waals surface area contributed by atoms with Crippen molar-refractivity contribution in [3.8, 4) is 0 Å². The van der Waals surface area contributed by atoms with Gasteiger partial charge >= 0.3 is 0 Å². The van der Waals surface area contributed by atoms with Gasteiger partial charge in [0.1, 0.15) is 5.82 Å². The summed E-state index contributed by atoms with van der Waals surface area (Å²) >= 11 is 0. The Labute approximate surface area is 107 Å². The minimum Gasteiger partial charge on any atom is -0.330 e. The summed E-state index contributed by atoms with van der Waals surface area (Å²) in [6.45, 7) is 2.59. The summed E-state index contributed by atoms with van der Waals surface area (Å²) in [5.74, 6) is -0.552. The van der Waals surface area contributed by atoms with Gasteiger partial charge in [-0.25, -0.2) is 17.5 Å². The number of hydrogen-bond acceptors (Lipinski definition) is 3. The molecule has 0 spiro atoms. The summed E-state index contributed by atoms with van der Waals surface area (Å²) in [7, 11) is -3.62. The van der Waals surface area contributed by atoms with E-state index in [1.807, 2.05) is 0 Å². The summed E-state index contributed by atoms with van der Waals surface area (Å²) in [6, 6.07) is 3.74. The van der Waals surface area contributed by atoms with Crippen LogP contribution in [0.1, 0.15) is 24.8 Å². The first-order chi connectivity index (χ1) is 8.47. The van der Waals surface area contributed by atoms with Crippen molar-refractivity contribution in [1.82, 2.24) is 4.72 Å². The zero-order valence-electron chi connectivity index (χ0n) is 10.4. The van der Waals surface area contributed by atoms with E-state index in [0.717, 1.165) is 25.3 Å². The van der Waals surface area contributed by atoms with Crippen molar-refractivity contribution in [3.63, 3.8) is 0 Å². The number of halogens is 1. The highest BCUT2D eigenvalue weighted by atomic mass is 32.2. The Kier molecular flexibility index (Phi) is 5.71. The van der Waals surface area contributed by atoms with Gasteiger partial charge in [-0.05, 0) is 44.0 Å². The minimum atomic E-state index is -3.62. The first-order valence-electron chi connectivity index (χ1n) is 5.93. The first kappa shape index (κ1) is 15.1. The molecule has 0 radical (unpaired) electrons. The molecule has 6 heteroatoms. The molecule has 0 fully saturated rings. The topological polar surface area (TPSA) is 72.2 Å². The smallest absolute Gasteiger partial charge is 0.240 e.